The number of nitrogens with zero attached hydrogens (tertiary/aromatic N) is 3. The highest BCUT2D eigenvalue weighted by Gasteiger charge is 2.31. The maximum Gasteiger partial charge on any atom is 0.271 e. The molecule has 0 spiro atoms. The van der Waals surface area contributed by atoms with Crippen LogP contribution in [0.15, 0.2) is 42.5 Å². The van der Waals surface area contributed by atoms with E-state index in [0.29, 0.717) is 10.6 Å². The second-order valence-corrected chi connectivity index (χ2v) is 10.9. The summed E-state index contributed by atoms with van der Waals surface area (Å²) in [6.07, 6.45) is 0.883. The van der Waals surface area contributed by atoms with Gasteiger partial charge in [0.05, 0.1) is 16.9 Å². The third-order valence-corrected chi connectivity index (χ3v) is 6.69. The molecule has 0 saturated carbocycles. The molecule has 1 N–H and O–H groups in total. The standard InChI is InChI=1S/C22H26Cl2N4O6S/c1-14(2)25-22(30)15(3)26(12-16-8-9-17(23)10-20(16)24)21(29)13-27(35(4,33)34)18-6-5-7-19(11-18)28(31)32/h5-11,14-15H,12-13H2,1-4H3,(H,25,30)/t15-/m1/s1. The quantitative estimate of drug-likeness (QED) is 0.359. The van der Waals surface area contributed by atoms with E-state index in [0.717, 1.165) is 16.6 Å². The summed E-state index contributed by atoms with van der Waals surface area (Å²) in [5.74, 6) is -1.15. The van der Waals surface area contributed by atoms with Gasteiger partial charge in [-0.25, -0.2) is 8.42 Å². The average Bonchev–Trinajstić information content (AvgIpc) is 2.75. The van der Waals surface area contributed by atoms with Crippen LogP contribution in [0.25, 0.3) is 0 Å². The molecule has 0 saturated heterocycles. The molecule has 0 aromatic heterocycles. The van der Waals surface area contributed by atoms with Crippen LogP contribution in [-0.4, -0.2) is 54.9 Å². The number of nitrogens with one attached hydrogen (secondary N) is 1. The fourth-order valence-electron chi connectivity index (χ4n) is 3.20. The highest BCUT2D eigenvalue weighted by Crippen LogP contribution is 2.26. The van der Waals surface area contributed by atoms with Crippen LogP contribution < -0.4 is 9.62 Å². The summed E-state index contributed by atoms with van der Waals surface area (Å²) < 4.78 is 25.8. The molecule has 35 heavy (non-hydrogen) atoms. The van der Waals surface area contributed by atoms with Crippen LogP contribution in [0.2, 0.25) is 10.0 Å². The number of hydrogen-bond acceptors (Lipinski definition) is 6. The average molecular weight is 545 g/mol. The molecule has 10 nitrogen and oxygen atoms in total. The molecule has 0 heterocycles. The summed E-state index contributed by atoms with van der Waals surface area (Å²) in [7, 11) is -4.02. The molecule has 0 radical (unpaired) electrons. The molecule has 0 aliphatic rings. The second-order valence-electron chi connectivity index (χ2n) is 8.14. The Morgan fingerprint density at radius 3 is 2.31 bits per heavy atom. The van der Waals surface area contributed by atoms with Crippen molar-refractivity contribution in [1.82, 2.24) is 10.2 Å². The Hall–Kier alpha value is -2.89. The first-order valence-electron chi connectivity index (χ1n) is 10.5. The van der Waals surface area contributed by atoms with Crippen LogP contribution in [0.3, 0.4) is 0 Å². The van der Waals surface area contributed by atoms with E-state index in [1.54, 1.807) is 26.0 Å². The molecule has 0 unspecified atom stereocenters. The Morgan fingerprint density at radius 2 is 1.77 bits per heavy atom. The summed E-state index contributed by atoms with van der Waals surface area (Å²) in [6, 6.07) is 8.43. The Kier molecular flexibility index (Phi) is 9.47. The lowest BCUT2D eigenvalue weighted by Crippen LogP contribution is -2.52. The van der Waals surface area contributed by atoms with E-state index in [4.69, 9.17) is 23.2 Å². The van der Waals surface area contributed by atoms with Crippen molar-refractivity contribution in [1.29, 1.82) is 0 Å². The van der Waals surface area contributed by atoms with Gasteiger partial charge in [-0.2, -0.15) is 0 Å². The van der Waals surface area contributed by atoms with E-state index in [2.05, 4.69) is 5.32 Å². The molecule has 13 heteroatoms. The number of sulfonamides is 1. The van der Waals surface area contributed by atoms with Crippen molar-refractivity contribution >= 4 is 56.4 Å². The van der Waals surface area contributed by atoms with Gasteiger partial charge in [0, 0.05) is 34.8 Å². The number of non-ortho nitro benzene ring substituents is 1. The van der Waals surface area contributed by atoms with Gasteiger partial charge in [-0.05, 0) is 44.5 Å². The summed E-state index contributed by atoms with van der Waals surface area (Å²) in [6.45, 7) is 4.25. The van der Waals surface area contributed by atoms with Crippen molar-refractivity contribution in [3.8, 4) is 0 Å². The number of carbonyl (C=O) groups excluding carboxylic acids is 2. The van der Waals surface area contributed by atoms with E-state index >= 15 is 0 Å². The molecular weight excluding hydrogens is 519 g/mol. The summed E-state index contributed by atoms with van der Waals surface area (Å²) >= 11 is 12.2. The van der Waals surface area contributed by atoms with Gasteiger partial charge in [-0.3, -0.25) is 24.0 Å². The minimum atomic E-state index is -4.02. The fourth-order valence-corrected chi connectivity index (χ4v) is 4.51. The van der Waals surface area contributed by atoms with Crippen molar-refractivity contribution in [2.24, 2.45) is 0 Å². The number of anilines is 1. The molecule has 2 aromatic rings. The maximum atomic E-state index is 13.4. The van der Waals surface area contributed by atoms with Crippen molar-refractivity contribution < 1.29 is 22.9 Å². The van der Waals surface area contributed by atoms with Gasteiger partial charge in [0.15, 0.2) is 0 Å². The molecule has 0 aliphatic carbocycles. The van der Waals surface area contributed by atoms with Gasteiger partial charge < -0.3 is 10.2 Å². The zero-order valence-electron chi connectivity index (χ0n) is 19.6. The molecule has 2 aromatic carbocycles. The van der Waals surface area contributed by atoms with Crippen LogP contribution in [0.4, 0.5) is 11.4 Å². The van der Waals surface area contributed by atoms with Gasteiger partial charge >= 0.3 is 0 Å². The van der Waals surface area contributed by atoms with Gasteiger partial charge in [0.2, 0.25) is 21.8 Å². The smallest absolute Gasteiger partial charge is 0.271 e. The van der Waals surface area contributed by atoms with Gasteiger partial charge in [-0.1, -0.05) is 35.3 Å². The monoisotopic (exact) mass is 544 g/mol. The third kappa shape index (κ3) is 7.81. The predicted octanol–water partition coefficient (Wildman–Crippen LogP) is 3.61. The van der Waals surface area contributed by atoms with Crippen molar-refractivity contribution in [2.45, 2.75) is 39.4 Å². The van der Waals surface area contributed by atoms with Gasteiger partial charge in [-0.15, -0.1) is 0 Å². The number of hydrogen-bond donors (Lipinski definition) is 1. The van der Waals surface area contributed by atoms with E-state index in [1.807, 2.05) is 0 Å². The van der Waals surface area contributed by atoms with Gasteiger partial charge in [0.1, 0.15) is 12.6 Å². The Bertz CT molecular complexity index is 1220. The van der Waals surface area contributed by atoms with Gasteiger partial charge in [0.25, 0.3) is 5.69 Å². The minimum absolute atomic E-state index is 0.0567. The number of nitro groups is 1. The first-order valence-corrected chi connectivity index (χ1v) is 13.1. The molecule has 2 amide bonds. The summed E-state index contributed by atoms with van der Waals surface area (Å²) in [5, 5.41) is 14.5. The van der Waals surface area contributed by atoms with Crippen molar-refractivity contribution in [3.63, 3.8) is 0 Å². The highest BCUT2D eigenvalue weighted by molar-refractivity contribution is 7.92. The number of benzene rings is 2. The Morgan fingerprint density at radius 1 is 1.11 bits per heavy atom. The zero-order chi connectivity index (χ0) is 26.5. The number of carbonyl (C=O) groups is 2. The van der Waals surface area contributed by atoms with Crippen LogP contribution >= 0.6 is 23.2 Å². The highest BCUT2D eigenvalue weighted by atomic mass is 35.5. The van der Waals surface area contributed by atoms with E-state index in [-0.39, 0.29) is 29.0 Å². The van der Waals surface area contributed by atoms with Crippen molar-refractivity contribution in [3.05, 3.63) is 68.2 Å². The Balaban J connectivity index is 2.46. The normalized spacial score (nSPS) is 12.2. The number of nitro benzene ring substituents is 1. The lowest BCUT2D eigenvalue weighted by molar-refractivity contribution is -0.384. The molecule has 190 valence electrons. The van der Waals surface area contributed by atoms with E-state index in [9.17, 15) is 28.1 Å². The predicted molar refractivity (Wildman–Crippen MR) is 135 cm³/mol. The minimum Gasteiger partial charge on any atom is -0.352 e. The molecule has 0 aliphatic heterocycles. The largest absolute Gasteiger partial charge is 0.352 e. The SMILES string of the molecule is CC(C)NC(=O)[C@@H](C)N(Cc1ccc(Cl)cc1Cl)C(=O)CN(c1cccc([N+](=O)[O-])c1)S(C)(=O)=O. The second kappa shape index (κ2) is 11.7. The van der Waals surface area contributed by atoms with Crippen molar-refractivity contribution in [2.75, 3.05) is 17.1 Å². The van der Waals surface area contributed by atoms with Crippen LogP contribution in [0, 0.1) is 10.1 Å². The Labute approximate surface area is 214 Å². The lowest BCUT2D eigenvalue weighted by atomic mass is 10.1. The molecule has 0 fully saturated rings. The van der Waals surface area contributed by atoms with Crippen LogP contribution in [0.1, 0.15) is 26.3 Å². The molecule has 2 rings (SSSR count). The summed E-state index contributed by atoms with van der Waals surface area (Å²) in [4.78, 5) is 37.9. The molecule has 0 bridgehead atoms. The number of amides is 2. The van der Waals surface area contributed by atoms with Crippen LogP contribution in [0.5, 0.6) is 0 Å². The topological polar surface area (TPSA) is 130 Å². The maximum absolute atomic E-state index is 13.4. The summed E-state index contributed by atoms with van der Waals surface area (Å²) in [5.41, 5.74) is 0.103. The van der Waals surface area contributed by atoms with E-state index in [1.165, 1.54) is 36.1 Å². The first-order chi connectivity index (χ1) is 16.2. The molecule has 1 atom stereocenters. The molecular formula is C22H26Cl2N4O6S. The van der Waals surface area contributed by atoms with Crippen LogP contribution in [-0.2, 0) is 26.2 Å². The number of rotatable bonds is 10. The first kappa shape index (κ1) is 28.3. The number of halogens is 2. The zero-order valence-corrected chi connectivity index (χ0v) is 21.9. The fraction of sp³-hybridized carbons (Fsp3) is 0.364. The third-order valence-electron chi connectivity index (χ3n) is 4.96. The lowest BCUT2D eigenvalue weighted by Gasteiger charge is -2.32. The van der Waals surface area contributed by atoms with E-state index < -0.39 is 39.3 Å².